The standard InChI is InChI=1S/C11H21NO2/c13-11(4-2-5-12-9-11)7-10-3-1-6-14-8-10/h10,12-13H,1-9H2. The molecule has 2 unspecified atom stereocenters. The van der Waals surface area contributed by atoms with Crippen LogP contribution in [0.3, 0.4) is 0 Å². The summed E-state index contributed by atoms with van der Waals surface area (Å²) in [5.74, 6) is 0.577. The first-order chi connectivity index (χ1) is 6.79. The number of piperidine rings is 1. The highest BCUT2D eigenvalue weighted by Gasteiger charge is 2.32. The van der Waals surface area contributed by atoms with Gasteiger partial charge < -0.3 is 15.2 Å². The molecule has 0 saturated carbocycles. The van der Waals surface area contributed by atoms with Gasteiger partial charge in [0.15, 0.2) is 0 Å². The number of ether oxygens (including phenoxy) is 1. The Kier molecular flexibility index (Phi) is 3.42. The molecule has 2 fully saturated rings. The molecule has 2 aliphatic rings. The van der Waals surface area contributed by atoms with Crippen LogP contribution in [0, 0.1) is 5.92 Å². The van der Waals surface area contributed by atoms with E-state index in [2.05, 4.69) is 5.32 Å². The molecule has 0 aromatic rings. The first-order valence-electron chi connectivity index (χ1n) is 5.79. The van der Waals surface area contributed by atoms with Gasteiger partial charge in [0.25, 0.3) is 0 Å². The second kappa shape index (κ2) is 4.60. The molecule has 3 heteroatoms. The first kappa shape index (κ1) is 10.4. The Balaban J connectivity index is 1.81. The summed E-state index contributed by atoms with van der Waals surface area (Å²) in [6.45, 7) is 3.59. The summed E-state index contributed by atoms with van der Waals surface area (Å²) in [7, 11) is 0. The lowest BCUT2D eigenvalue weighted by Gasteiger charge is -2.36. The predicted octanol–water partition coefficient (Wildman–Crippen LogP) is 0.918. The molecular formula is C11H21NO2. The molecule has 3 nitrogen and oxygen atoms in total. The molecule has 0 amide bonds. The number of hydrogen-bond donors (Lipinski definition) is 2. The van der Waals surface area contributed by atoms with E-state index in [-0.39, 0.29) is 0 Å². The molecule has 2 aliphatic heterocycles. The van der Waals surface area contributed by atoms with Crippen molar-refractivity contribution in [2.75, 3.05) is 26.3 Å². The molecule has 0 aromatic heterocycles. The molecule has 14 heavy (non-hydrogen) atoms. The van der Waals surface area contributed by atoms with Crippen LogP contribution >= 0.6 is 0 Å². The van der Waals surface area contributed by atoms with Crippen molar-refractivity contribution >= 4 is 0 Å². The van der Waals surface area contributed by atoms with Gasteiger partial charge in [-0.25, -0.2) is 0 Å². The zero-order chi connectivity index (χ0) is 9.86. The normalized spacial score (nSPS) is 39.6. The molecule has 0 aromatic carbocycles. The lowest BCUT2D eigenvalue weighted by molar-refractivity contribution is -0.0347. The van der Waals surface area contributed by atoms with Crippen LogP contribution in [-0.4, -0.2) is 37.0 Å². The largest absolute Gasteiger partial charge is 0.389 e. The van der Waals surface area contributed by atoms with Gasteiger partial charge in [-0.1, -0.05) is 0 Å². The van der Waals surface area contributed by atoms with Crippen LogP contribution in [0.15, 0.2) is 0 Å². The van der Waals surface area contributed by atoms with E-state index in [1.54, 1.807) is 0 Å². The zero-order valence-electron chi connectivity index (χ0n) is 8.80. The lowest BCUT2D eigenvalue weighted by Crippen LogP contribution is -2.47. The Bertz CT molecular complexity index is 172. The van der Waals surface area contributed by atoms with Gasteiger partial charge >= 0.3 is 0 Å². The van der Waals surface area contributed by atoms with Gasteiger partial charge in [-0.3, -0.25) is 0 Å². The molecule has 0 bridgehead atoms. The van der Waals surface area contributed by atoms with Crippen LogP contribution in [0.25, 0.3) is 0 Å². The van der Waals surface area contributed by atoms with Crippen molar-refractivity contribution < 1.29 is 9.84 Å². The van der Waals surface area contributed by atoms with Crippen molar-refractivity contribution in [1.29, 1.82) is 0 Å². The fourth-order valence-electron chi connectivity index (χ4n) is 2.63. The number of hydrogen-bond acceptors (Lipinski definition) is 3. The van der Waals surface area contributed by atoms with E-state index < -0.39 is 5.60 Å². The van der Waals surface area contributed by atoms with Crippen LogP contribution < -0.4 is 5.32 Å². The highest BCUT2D eigenvalue weighted by Crippen LogP contribution is 2.28. The highest BCUT2D eigenvalue weighted by molar-refractivity contribution is 4.87. The van der Waals surface area contributed by atoms with E-state index in [1.807, 2.05) is 0 Å². The van der Waals surface area contributed by atoms with E-state index in [9.17, 15) is 5.11 Å². The van der Waals surface area contributed by atoms with Crippen LogP contribution in [-0.2, 0) is 4.74 Å². The van der Waals surface area contributed by atoms with Crippen LogP contribution in [0.5, 0.6) is 0 Å². The molecule has 2 atom stereocenters. The third-order valence-corrected chi connectivity index (χ3v) is 3.37. The molecule has 0 radical (unpaired) electrons. The van der Waals surface area contributed by atoms with Crippen molar-refractivity contribution in [3.8, 4) is 0 Å². The van der Waals surface area contributed by atoms with E-state index in [1.165, 1.54) is 6.42 Å². The summed E-state index contributed by atoms with van der Waals surface area (Å²) in [5.41, 5.74) is -0.455. The van der Waals surface area contributed by atoms with E-state index in [4.69, 9.17) is 4.74 Å². The maximum absolute atomic E-state index is 10.3. The summed E-state index contributed by atoms with van der Waals surface area (Å²) in [5, 5.41) is 13.6. The molecule has 82 valence electrons. The average Bonchev–Trinajstić information content (AvgIpc) is 2.19. The smallest absolute Gasteiger partial charge is 0.0775 e. The van der Waals surface area contributed by atoms with Crippen molar-refractivity contribution in [2.24, 2.45) is 5.92 Å². The quantitative estimate of drug-likeness (QED) is 0.695. The third kappa shape index (κ3) is 2.69. The van der Waals surface area contributed by atoms with Gasteiger partial charge in [0, 0.05) is 19.8 Å². The maximum atomic E-state index is 10.3. The molecule has 2 saturated heterocycles. The number of aliphatic hydroxyl groups is 1. The van der Waals surface area contributed by atoms with Crippen molar-refractivity contribution in [1.82, 2.24) is 5.32 Å². The van der Waals surface area contributed by atoms with Gasteiger partial charge in [0.2, 0.25) is 0 Å². The third-order valence-electron chi connectivity index (χ3n) is 3.37. The van der Waals surface area contributed by atoms with Crippen molar-refractivity contribution in [3.05, 3.63) is 0 Å². The number of β-amino-alcohol motifs (C(OH)–C–C–N with tert-alkyl or cyclic N) is 1. The molecule has 0 aliphatic carbocycles. The second-order valence-corrected chi connectivity index (χ2v) is 4.79. The van der Waals surface area contributed by atoms with Crippen molar-refractivity contribution in [2.45, 2.75) is 37.7 Å². The highest BCUT2D eigenvalue weighted by atomic mass is 16.5. The summed E-state index contributed by atoms with van der Waals surface area (Å²) < 4.78 is 5.44. The van der Waals surface area contributed by atoms with Gasteiger partial charge in [0.1, 0.15) is 0 Å². The van der Waals surface area contributed by atoms with Gasteiger partial charge in [-0.05, 0) is 44.6 Å². The molecular weight excluding hydrogens is 178 g/mol. The first-order valence-corrected chi connectivity index (χ1v) is 5.79. The summed E-state index contributed by atoms with van der Waals surface area (Å²) in [6.07, 6.45) is 5.36. The minimum Gasteiger partial charge on any atom is -0.389 e. The van der Waals surface area contributed by atoms with Gasteiger partial charge in [0.05, 0.1) is 5.60 Å². The van der Waals surface area contributed by atoms with Crippen LogP contribution in [0.2, 0.25) is 0 Å². The van der Waals surface area contributed by atoms with Crippen molar-refractivity contribution in [3.63, 3.8) is 0 Å². The Morgan fingerprint density at radius 3 is 3.00 bits per heavy atom. The number of rotatable bonds is 2. The Morgan fingerprint density at radius 1 is 1.43 bits per heavy atom. The SMILES string of the molecule is OC1(CC2CCCOC2)CCCNC1. The Morgan fingerprint density at radius 2 is 2.36 bits per heavy atom. The van der Waals surface area contributed by atoms with E-state index in [0.717, 1.165) is 52.0 Å². The monoisotopic (exact) mass is 199 g/mol. The second-order valence-electron chi connectivity index (χ2n) is 4.79. The fourth-order valence-corrected chi connectivity index (χ4v) is 2.63. The lowest BCUT2D eigenvalue weighted by atomic mass is 9.83. The molecule has 2 N–H and O–H groups in total. The van der Waals surface area contributed by atoms with E-state index in [0.29, 0.717) is 5.92 Å². The molecule has 2 rings (SSSR count). The minimum atomic E-state index is -0.455. The summed E-state index contributed by atoms with van der Waals surface area (Å²) in [4.78, 5) is 0. The predicted molar refractivity (Wildman–Crippen MR) is 55.2 cm³/mol. The topological polar surface area (TPSA) is 41.5 Å². The summed E-state index contributed by atoms with van der Waals surface area (Å²) in [6, 6.07) is 0. The van der Waals surface area contributed by atoms with Gasteiger partial charge in [-0.15, -0.1) is 0 Å². The average molecular weight is 199 g/mol. The fraction of sp³-hybridized carbons (Fsp3) is 1.00. The van der Waals surface area contributed by atoms with Gasteiger partial charge in [-0.2, -0.15) is 0 Å². The zero-order valence-corrected chi connectivity index (χ0v) is 8.80. The summed E-state index contributed by atoms with van der Waals surface area (Å²) >= 11 is 0. The molecule has 2 heterocycles. The maximum Gasteiger partial charge on any atom is 0.0775 e. The Labute approximate surface area is 85.8 Å². The minimum absolute atomic E-state index is 0.455. The number of nitrogens with one attached hydrogen (secondary N) is 1. The van der Waals surface area contributed by atoms with Crippen LogP contribution in [0.4, 0.5) is 0 Å². The van der Waals surface area contributed by atoms with E-state index >= 15 is 0 Å². The van der Waals surface area contributed by atoms with Crippen LogP contribution in [0.1, 0.15) is 32.1 Å². The Hall–Kier alpha value is -0.120. The molecule has 0 spiro atoms.